The minimum atomic E-state index is -2.61. The molecule has 0 rings (SSSR count). The Labute approximate surface area is 60.4 Å². The molecule has 36 valence electrons. The van der Waals surface area contributed by atoms with E-state index in [0.29, 0.717) is 0 Å². The Morgan fingerprint density at radius 1 is 1.50 bits per heavy atom. The van der Waals surface area contributed by atoms with Gasteiger partial charge in [-0.25, -0.2) is 0 Å². The van der Waals surface area contributed by atoms with Crippen molar-refractivity contribution in [1.82, 2.24) is 0 Å². The minimum absolute atomic E-state index is 0. The van der Waals surface area contributed by atoms with E-state index in [1.165, 1.54) is 0 Å². The van der Waals surface area contributed by atoms with E-state index in [1.807, 2.05) is 0 Å². The average Bonchev–Trinajstić information content (AvgIpc) is 0.811. The molecule has 0 atom stereocenters. The van der Waals surface area contributed by atoms with Gasteiger partial charge in [0.25, 0.3) is 11.4 Å². The summed E-state index contributed by atoms with van der Waals surface area (Å²) in [5.41, 5.74) is 0. The van der Waals surface area contributed by atoms with Crippen molar-refractivity contribution in [3.63, 3.8) is 0 Å². The topological polar surface area (TPSA) is 57.5 Å². The third-order valence-electron chi connectivity index (χ3n) is 0. The van der Waals surface area contributed by atoms with Gasteiger partial charge in [-0.3, -0.25) is 13.8 Å². The molecular formula is H4FNaO3S. The molecule has 0 saturated heterocycles. The van der Waals surface area contributed by atoms with E-state index in [2.05, 4.69) is 0 Å². The molecule has 3 nitrogen and oxygen atoms in total. The molecule has 0 radical (unpaired) electrons. The van der Waals surface area contributed by atoms with Gasteiger partial charge in [0.05, 0.1) is 0 Å². The van der Waals surface area contributed by atoms with E-state index in [9.17, 15) is 0 Å². The number of rotatable bonds is 0. The summed E-state index contributed by atoms with van der Waals surface area (Å²) in [5.74, 6) is 0. The molecule has 0 bridgehead atoms. The molecule has 0 spiro atoms. The second-order valence-electron chi connectivity index (χ2n) is 0.231. The fourth-order valence-corrected chi connectivity index (χ4v) is 0. The molecule has 0 aliphatic carbocycles. The molecule has 2 N–H and O–H groups in total. The van der Waals surface area contributed by atoms with Crippen LogP contribution in [0.2, 0.25) is 0 Å². The summed E-state index contributed by atoms with van der Waals surface area (Å²) >= 11 is -2.61. The van der Waals surface area contributed by atoms with Crippen molar-refractivity contribution in [1.29, 1.82) is 0 Å². The molecule has 0 fully saturated rings. The van der Waals surface area contributed by atoms with Gasteiger partial charge < -0.3 is 1.43 Å². The van der Waals surface area contributed by atoms with Crippen molar-refractivity contribution in [2.24, 2.45) is 0 Å². The van der Waals surface area contributed by atoms with Crippen molar-refractivity contribution < 1.29 is 49.0 Å². The van der Waals surface area contributed by atoms with Crippen LogP contribution in [0.4, 0.5) is 4.70 Å². The standard InChI is InChI=1S/FH.Na.H2O3S.H/c;;1-4(2)3;/h1H;;(H2,1,2,3);/q;+1;;-1. The Morgan fingerprint density at radius 3 is 1.50 bits per heavy atom. The third-order valence-corrected chi connectivity index (χ3v) is 0. The first-order chi connectivity index (χ1) is 1.73. The van der Waals surface area contributed by atoms with Gasteiger partial charge >= 0.3 is 29.6 Å². The van der Waals surface area contributed by atoms with Crippen LogP contribution in [-0.4, -0.2) is 13.3 Å². The summed E-state index contributed by atoms with van der Waals surface area (Å²) in [4.78, 5) is 0. The van der Waals surface area contributed by atoms with Gasteiger partial charge in [-0.2, -0.15) is 4.21 Å². The van der Waals surface area contributed by atoms with E-state index in [1.54, 1.807) is 0 Å². The molecule has 0 aromatic heterocycles. The minimum Gasteiger partial charge on any atom is -1.00 e. The molecule has 0 unspecified atom stereocenters. The molecule has 0 heterocycles. The van der Waals surface area contributed by atoms with Crippen LogP contribution in [0.25, 0.3) is 0 Å². The van der Waals surface area contributed by atoms with Gasteiger partial charge in [-0.15, -0.1) is 0 Å². The van der Waals surface area contributed by atoms with Crippen molar-refractivity contribution in [3.05, 3.63) is 0 Å². The van der Waals surface area contributed by atoms with Gasteiger partial charge in [0, 0.05) is 0 Å². The van der Waals surface area contributed by atoms with E-state index in [0.717, 1.165) is 0 Å². The zero-order valence-corrected chi connectivity index (χ0v) is 5.94. The maximum atomic E-state index is 8.67. The largest absolute Gasteiger partial charge is 1.00 e. The van der Waals surface area contributed by atoms with Gasteiger partial charge in [0.1, 0.15) is 0 Å². The van der Waals surface area contributed by atoms with Crippen LogP contribution in [0.3, 0.4) is 0 Å². The Hall–Kier alpha value is 1.00. The SMILES string of the molecule is F.O=S(O)O.[H-].[Na+]. The van der Waals surface area contributed by atoms with E-state index < -0.39 is 11.4 Å². The summed E-state index contributed by atoms with van der Waals surface area (Å²) < 4.78 is 22.8. The van der Waals surface area contributed by atoms with Gasteiger partial charge in [-0.1, -0.05) is 0 Å². The smallest absolute Gasteiger partial charge is 1.00 e. The predicted molar refractivity (Wildman–Crippen MR) is 17.0 cm³/mol. The number of hydrogen-bond donors (Lipinski definition) is 2. The molecule has 0 aromatic carbocycles. The Morgan fingerprint density at radius 2 is 1.50 bits per heavy atom. The van der Waals surface area contributed by atoms with Crippen molar-refractivity contribution in [3.8, 4) is 0 Å². The molecule has 6 heteroatoms. The number of hydrogen-bond acceptors (Lipinski definition) is 1. The normalized spacial score (nSPS) is 5.83. The fraction of sp³-hybridized carbons (Fsp3) is 0. The fourth-order valence-electron chi connectivity index (χ4n) is 0. The summed E-state index contributed by atoms with van der Waals surface area (Å²) in [7, 11) is 0. The van der Waals surface area contributed by atoms with Gasteiger partial charge in [-0.05, 0) is 0 Å². The van der Waals surface area contributed by atoms with Crippen molar-refractivity contribution in [2.75, 3.05) is 0 Å². The summed E-state index contributed by atoms with van der Waals surface area (Å²) in [5, 5.41) is 0. The maximum absolute atomic E-state index is 8.67. The molecule has 0 amide bonds. The maximum Gasteiger partial charge on any atom is 1.00 e. The average molecular weight is 126 g/mol. The second-order valence-corrected chi connectivity index (χ2v) is 0.692. The Kier molecular flexibility index (Phi) is 24.6. The van der Waals surface area contributed by atoms with E-state index in [4.69, 9.17) is 13.3 Å². The molecule has 6 heavy (non-hydrogen) atoms. The van der Waals surface area contributed by atoms with Crippen LogP contribution in [0, 0.1) is 0 Å². The molecule has 0 saturated carbocycles. The van der Waals surface area contributed by atoms with Crippen LogP contribution in [-0.2, 0) is 11.4 Å². The van der Waals surface area contributed by atoms with E-state index in [-0.39, 0.29) is 35.7 Å². The molecular weight excluding hydrogens is 122 g/mol. The third kappa shape index (κ3) is 80.0. The molecule has 0 aliphatic rings. The van der Waals surface area contributed by atoms with Crippen LogP contribution in [0.1, 0.15) is 1.43 Å². The van der Waals surface area contributed by atoms with Gasteiger partial charge in [0.2, 0.25) is 0 Å². The first kappa shape index (κ1) is 15.8. The molecule has 0 aromatic rings. The number of halogens is 1. The Balaban J connectivity index is -0.0000000150. The van der Waals surface area contributed by atoms with Crippen molar-refractivity contribution in [2.45, 2.75) is 0 Å². The van der Waals surface area contributed by atoms with Crippen LogP contribution in [0.5, 0.6) is 0 Å². The second kappa shape index (κ2) is 9.38. The predicted octanol–water partition coefficient (Wildman–Crippen LogP) is -3.05. The Bertz CT molecular complexity index is 37.9. The molecule has 0 aliphatic heterocycles. The summed E-state index contributed by atoms with van der Waals surface area (Å²) in [6.45, 7) is 0. The van der Waals surface area contributed by atoms with Gasteiger partial charge in [0.15, 0.2) is 0 Å². The first-order valence-electron chi connectivity index (χ1n) is 0.532. The summed E-state index contributed by atoms with van der Waals surface area (Å²) in [6, 6.07) is 0. The summed E-state index contributed by atoms with van der Waals surface area (Å²) in [6.07, 6.45) is 0. The van der Waals surface area contributed by atoms with Crippen molar-refractivity contribution >= 4 is 11.4 Å². The quantitative estimate of drug-likeness (QED) is 0.268. The zero-order valence-electron chi connectivity index (χ0n) is 4.12. The van der Waals surface area contributed by atoms with Crippen LogP contribution >= 0.6 is 0 Å². The zero-order chi connectivity index (χ0) is 3.58. The monoisotopic (exact) mass is 126 g/mol. The first-order valence-corrected chi connectivity index (χ1v) is 1.60. The van der Waals surface area contributed by atoms with Crippen LogP contribution < -0.4 is 29.6 Å². The van der Waals surface area contributed by atoms with Crippen LogP contribution in [0.15, 0.2) is 0 Å². The van der Waals surface area contributed by atoms with E-state index >= 15 is 0 Å².